The van der Waals surface area contributed by atoms with Crippen LogP contribution in [0.2, 0.25) is 0 Å². The first kappa shape index (κ1) is 23.6. The zero-order valence-corrected chi connectivity index (χ0v) is 20.0. The minimum Gasteiger partial charge on any atom is -0.341 e. The lowest BCUT2D eigenvalue weighted by Gasteiger charge is -2.38. The highest BCUT2D eigenvalue weighted by atomic mass is 16.2. The Morgan fingerprint density at radius 2 is 1.59 bits per heavy atom. The van der Waals surface area contributed by atoms with E-state index in [1.165, 1.54) is 11.1 Å². The Morgan fingerprint density at radius 3 is 2.26 bits per heavy atom. The van der Waals surface area contributed by atoms with Gasteiger partial charge in [0, 0.05) is 39.1 Å². The third-order valence-corrected chi connectivity index (χ3v) is 6.53. The Kier molecular flexibility index (Phi) is 7.63. The van der Waals surface area contributed by atoms with Gasteiger partial charge in [-0.25, -0.2) is 4.79 Å². The number of nitrogens with one attached hydrogen (secondary N) is 1. The number of carbonyl (C=O) groups is 2. The fourth-order valence-corrected chi connectivity index (χ4v) is 4.74. The molecule has 0 spiro atoms. The molecule has 0 saturated carbocycles. The van der Waals surface area contributed by atoms with Crippen molar-refractivity contribution in [1.82, 2.24) is 15.1 Å². The number of rotatable bonds is 6. The highest BCUT2D eigenvalue weighted by molar-refractivity contribution is 5.81. The predicted octanol–water partition coefficient (Wildman–Crippen LogP) is 4.97. The second-order valence-corrected chi connectivity index (χ2v) is 9.27. The first-order chi connectivity index (χ1) is 16.5. The number of amides is 3. The Morgan fingerprint density at radius 1 is 0.912 bits per heavy atom. The van der Waals surface area contributed by atoms with Crippen LogP contribution in [0, 0.1) is 12.8 Å². The molecular weight excluding hydrogens is 422 g/mol. The maximum atomic E-state index is 13.5. The molecule has 1 saturated heterocycles. The summed E-state index contributed by atoms with van der Waals surface area (Å²) in [5, 5.41) is 3.04. The van der Waals surface area contributed by atoms with E-state index in [2.05, 4.69) is 36.5 Å². The molecule has 0 aromatic heterocycles. The van der Waals surface area contributed by atoms with Crippen molar-refractivity contribution in [2.75, 3.05) is 20.1 Å². The number of benzene rings is 3. The predicted molar refractivity (Wildman–Crippen MR) is 135 cm³/mol. The van der Waals surface area contributed by atoms with Gasteiger partial charge in [0.05, 0.1) is 5.92 Å². The van der Waals surface area contributed by atoms with Crippen LogP contribution in [-0.4, -0.2) is 41.9 Å². The highest BCUT2D eigenvalue weighted by Crippen LogP contribution is 2.32. The van der Waals surface area contributed by atoms with E-state index in [1.54, 1.807) is 4.90 Å². The third kappa shape index (κ3) is 6.04. The van der Waals surface area contributed by atoms with E-state index in [0.29, 0.717) is 26.2 Å². The maximum Gasteiger partial charge on any atom is 0.317 e. The maximum absolute atomic E-state index is 13.5. The Bertz CT molecular complexity index is 1100. The molecule has 1 fully saturated rings. The number of carbonyl (C=O) groups excluding carboxylic acids is 2. The van der Waals surface area contributed by atoms with E-state index in [-0.39, 0.29) is 23.8 Å². The van der Waals surface area contributed by atoms with Crippen LogP contribution < -0.4 is 5.32 Å². The zero-order valence-electron chi connectivity index (χ0n) is 20.0. The fourth-order valence-electron chi connectivity index (χ4n) is 4.74. The third-order valence-electron chi connectivity index (χ3n) is 6.53. The largest absolute Gasteiger partial charge is 0.341 e. The number of likely N-dealkylation sites (tertiary alicyclic amines) is 1. The summed E-state index contributed by atoms with van der Waals surface area (Å²) in [6, 6.07) is 28.2. The van der Waals surface area contributed by atoms with Gasteiger partial charge < -0.3 is 15.1 Å². The summed E-state index contributed by atoms with van der Waals surface area (Å²) in [4.78, 5) is 30.2. The summed E-state index contributed by atoms with van der Waals surface area (Å²) in [5.41, 5.74) is 4.52. The van der Waals surface area contributed by atoms with Crippen molar-refractivity contribution in [3.8, 4) is 0 Å². The summed E-state index contributed by atoms with van der Waals surface area (Å²) < 4.78 is 0. The van der Waals surface area contributed by atoms with Crippen molar-refractivity contribution in [3.05, 3.63) is 107 Å². The van der Waals surface area contributed by atoms with E-state index in [9.17, 15) is 9.59 Å². The summed E-state index contributed by atoms with van der Waals surface area (Å²) in [5.74, 6) is -0.0345. The molecule has 5 heteroatoms. The van der Waals surface area contributed by atoms with Crippen LogP contribution in [0.1, 0.15) is 34.6 Å². The summed E-state index contributed by atoms with van der Waals surface area (Å²) in [6.45, 7) is 4.15. The topological polar surface area (TPSA) is 52.7 Å². The molecule has 0 aliphatic carbocycles. The molecule has 5 nitrogen and oxygen atoms in total. The molecule has 1 heterocycles. The van der Waals surface area contributed by atoms with Crippen LogP contribution >= 0.6 is 0 Å². The number of piperidine rings is 1. The molecule has 3 aromatic carbocycles. The number of nitrogens with zero attached hydrogens (tertiary/aromatic N) is 2. The highest BCUT2D eigenvalue weighted by Gasteiger charge is 2.35. The first-order valence-corrected chi connectivity index (χ1v) is 11.9. The van der Waals surface area contributed by atoms with Gasteiger partial charge in [-0.15, -0.1) is 0 Å². The standard InChI is InChI=1S/C29H33N3O2/c1-22-10-9-15-25(16-22)26-17-27(28(33)31(2)19-24-13-7-4-8-14-24)21-32(20-26)29(34)30-18-23-11-5-3-6-12-23/h3-16,26-27H,17-21H2,1-2H3,(H,30,34). The summed E-state index contributed by atoms with van der Waals surface area (Å²) in [6.07, 6.45) is 0.740. The summed E-state index contributed by atoms with van der Waals surface area (Å²) in [7, 11) is 1.85. The minimum absolute atomic E-state index is 0.0852. The Labute approximate surface area is 202 Å². The lowest BCUT2D eigenvalue weighted by atomic mass is 9.83. The van der Waals surface area contributed by atoms with Crippen LogP contribution in [0.3, 0.4) is 0 Å². The van der Waals surface area contributed by atoms with Gasteiger partial charge in [-0.2, -0.15) is 0 Å². The normalized spacial score (nSPS) is 17.8. The van der Waals surface area contributed by atoms with Gasteiger partial charge in [-0.1, -0.05) is 90.5 Å². The lowest BCUT2D eigenvalue weighted by Crippen LogP contribution is -2.51. The Balaban J connectivity index is 1.49. The van der Waals surface area contributed by atoms with E-state index in [0.717, 1.165) is 17.5 Å². The average Bonchev–Trinajstić information content (AvgIpc) is 2.87. The van der Waals surface area contributed by atoms with Crippen molar-refractivity contribution in [1.29, 1.82) is 0 Å². The zero-order chi connectivity index (χ0) is 23.9. The molecule has 0 radical (unpaired) electrons. The van der Waals surface area contributed by atoms with E-state index in [1.807, 2.05) is 72.6 Å². The van der Waals surface area contributed by atoms with E-state index >= 15 is 0 Å². The monoisotopic (exact) mass is 455 g/mol. The lowest BCUT2D eigenvalue weighted by molar-refractivity contribution is -0.136. The van der Waals surface area contributed by atoms with Crippen molar-refractivity contribution < 1.29 is 9.59 Å². The number of aryl methyl sites for hydroxylation is 1. The number of hydrogen-bond donors (Lipinski definition) is 1. The number of urea groups is 1. The SMILES string of the molecule is Cc1cccc(C2CC(C(=O)N(C)Cc3ccccc3)CN(C(=O)NCc3ccccc3)C2)c1. The van der Waals surface area contributed by atoms with Crippen LogP contribution in [0.15, 0.2) is 84.9 Å². The molecule has 1 N–H and O–H groups in total. The molecule has 3 aromatic rings. The fraction of sp³-hybridized carbons (Fsp3) is 0.310. The van der Waals surface area contributed by atoms with Gasteiger partial charge in [0.15, 0.2) is 0 Å². The smallest absolute Gasteiger partial charge is 0.317 e. The second-order valence-electron chi connectivity index (χ2n) is 9.27. The number of hydrogen-bond acceptors (Lipinski definition) is 2. The molecular formula is C29H33N3O2. The van der Waals surface area contributed by atoms with Gasteiger partial charge in [-0.3, -0.25) is 4.79 Å². The minimum atomic E-state index is -0.240. The van der Waals surface area contributed by atoms with Crippen molar-refractivity contribution in [2.45, 2.75) is 32.4 Å². The molecule has 4 rings (SSSR count). The molecule has 2 unspecified atom stereocenters. The first-order valence-electron chi connectivity index (χ1n) is 11.9. The summed E-state index contributed by atoms with van der Waals surface area (Å²) >= 11 is 0. The van der Waals surface area contributed by atoms with Gasteiger partial charge in [0.1, 0.15) is 0 Å². The van der Waals surface area contributed by atoms with Crippen LogP contribution in [0.5, 0.6) is 0 Å². The molecule has 2 atom stereocenters. The van der Waals surface area contributed by atoms with Crippen molar-refractivity contribution in [2.24, 2.45) is 5.92 Å². The van der Waals surface area contributed by atoms with Crippen LogP contribution in [0.4, 0.5) is 4.79 Å². The second kappa shape index (κ2) is 11.0. The molecule has 1 aliphatic rings. The van der Waals surface area contributed by atoms with Gasteiger partial charge in [0.2, 0.25) is 5.91 Å². The molecule has 1 aliphatic heterocycles. The molecule has 34 heavy (non-hydrogen) atoms. The van der Waals surface area contributed by atoms with Gasteiger partial charge in [0.25, 0.3) is 0 Å². The average molecular weight is 456 g/mol. The van der Waals surface area contributed by atoms with E-state index < -0.39 is 0 Å². The van der Waals surface area contributed by atoms with Gasteiger partial charge in [-0.05, 0) is 30.0 Å². The van der Waals surface area contributed by atoms with E-state index in [4.69, 9.17) is 0 Å². The van der Waals surface area contributed by atoms with Crippen LogP contribution in [-0.2, 0) is 17.9 Å². The molecule has 176 valence electrons. The quantitative estimate of drug-likeness (QED) is 0.571. The van der Waals surface area contributed by atoms with Crippen LogP contribution in [0.25, 0.3) is 0 Å². The molecule has 0 bridgehead atoms. The molecule has 3 amide bonds. The Hall–Kier alpha value is -3.60. The van der Waals surface area contributed by atoms with Crippen molar-refractivity contribution >= 4 is 11.9 Å². The van der Waals surface area contributed by atoms with Crippen molar-refractivity contribution in [3.63, 3.8) is 0 Å². The van der Waals surface area contributed by atoms with Gasteiger partial charge >= 0.3 is 6.03 Å².